The Labute approximate surface area is 228 Å². The molecule has 0 unspecified atom stereocenters. The van der Waals surface area contributed by atoms with Crippen LogP contribution in [0.15, 0.2) is 59.5 Å². The Bertz CT molecular complexity index is 1620. The van der Waals surface area contributed by atoms with E-state index in [1.807, 2.05) is 12.1 Å². The Morgan fingerprint density at radius 3 is 2.38 bits per heavy atom. The largest absolute Gasteiger partial charge is 0.349 e. The van der Waals surface area contributed by atoms with E-state index in [9.17, 15) is 23.2 Å². The lowest BCUT2D eigenvalue weighted by Gasteiger charge is -2.29. The fraction of sp³-hybridized carbons (Fsp3) is 0.310. The number of nitrogens with zero attached hydrogens (tertiary/aromatic N) is 3. The van der Waals surface area contributed by atoms with Crippen LogP contribution in [0.3, 0.4) is 0 Å². The lowest BCUT2D eigenvalue weighted by atomic mass is 9.85. The number of pyridine rings is 1. The van der Waals surface area contributed by atoms with Gasteiger partial charge in [0.05, 0.1) is 39.4 Å². The number of carbonyl (C=O) groups excluding carboxylic acids is 2. The molecule has 1 N–H and O–H groups in total. The molecule has 0 radical (unpaired) electrons. The van der Waals surface area contributed by atoms with E-state index in [-0.39, 0.29) is 35.7 Å². The predicted octanol–water partition coefficient (Wildman–Crippen LogP) is 5.31. The molecule has 1 amide bonds. The fourth-order valence-corrected chi connectivity index (χ4v) is 5.45. The quantitative estimate of drug-likeness (QED) is 0.315. The van der Waals surface area contributed by atoms with Gasteiger partial charge in [-0.05, 0) is 68.9 Å². The van der Waals surface area contributed by atoms with Crippen molar-refractivity contribution in [1.29, 1.82) is 0 Å². The van der Waals surface area contributed by atoms with Crippen molar-refractivity contribution in [1.82, 2.24) is 19.4 Å². The Kier molecular flexibility index (Phi) is 7.61. The van der Waals surface area contributed by atoms with Crippen LogP contribution in [-0.2, 0) is 13.1 Å². The first kappa shape index (κ1) is 26.7. The van der Waals surface area contributed by atoms with Crippen molar-refractivity contribution in [3.8, 4) is 0 Å². The lowest BCUT2D eigenvalue weighted by molar-refractivity contribution is 0.0917. The van der Waals surface area contributed by atoms with Crippen LogP contribution in [-0.4, -0.2) is 31.9 Å². The number of rotatable bonds is 7. The van der Waals surface area contributed by atoms with Gasteiger partial charge >= 0.3 is 5.69 Å². The number of Topliss-reactive ketones (excluding diaryl/α,β-unsaturated/α-hetero) is 1. The van der Waals surface area contributed by atoms with Gasteiger partial charge in [-0.3, -0.25) is 23.7 Å². The Balaban J connectivity index is 1.28. The van der Waals surface area contributed by atoms with E-state index >= 15 is 0 Å². The van der Waals surface area contributed by atoms with Gasteiger partial charge in [0.2, 0.25) is 0 Å². The van der Waals surface area contributed by atoms with Gasteiger partial charge in [-0.1, -0.05) is 23.7 Å². The highest BCUT2D eigenvalue weighted by Crippen LogP contribution is 2.27. The second-order valence-electron chi connectivity index (χ2n) is 9.99. The minimum absolute atomic E-state index is 0.00780. The molecule has 10 heteroatoms. The zero-order valence-electron chi connectivity index (χ0n) is 21.3. The topological polar surface area (TPSA) is 86.0 Å². The lowest BCUT2D eigenvalue weighted by Crippen LogP contribution is -2.39. The summed E-state index contributed by atoms with van der Waals surface area (Å²) >= 11 is 6.01. The number of aryl methyl sites for hydroxylation is 1. The molecule has 1 aliphatic carbocycles. The monoisotopic (exact) mass is 552 g/mol. The number of ketones is 1. The van der Waals surface area contributed by atoms with Crippen molar-refractivity contribution < 1.29 is 18.4 Å². The third kappa shape index (κ3) is 5.63. The Morgan fingerprint density at radius 1 is 1.00 bits per heavy atom. The van der Waals surface area contributed by atoms with Crippen molar-refractivity contribution in [2.24, 2.45) is 5.92 Å². The molecule has 2 aromatic carbocycles. The molecule has 0 aliphatic heterocycles. The molecule has 2 aromatic heterocycles. The first-order chi connectivity index (χ1) is 18.7. The Morgan fingerprint density at radius 2 is 1.69 bits per heavy atom. The molecule has 0 spiro atoms. The first-order valence-electron chi connectivity index (χ1n) is 12.8. The van der Waals surface area contributed by atoms with Crippen LogP contribution in [0.25, 0.3) is 11.0 Å². The van der Waals surface area contributed by atoms with Gasteiger partial charge in [0, 0.05) is 24.8 Å². The van der Waals surface area contributed by atoms with Crippen LogP contribution in [0.4, 0.5) is 8.78 Å². The summed E-state index contributed by atoms with van der Waals surface area (Å²) in [5.41, 5.74) is 1.72. The van der Waals surface area contributed by atoms with E-state index in [2.05, 4.69) is 10.3 Å². The average Bonchev–Trinajstić information content (AvgIpc) is 3.17. The number of hydrogen-bond acceptors (Lipinski definition) is 4. The van der Waals surface area contributed by atoms with Crippen LogP contribution in [0.1, 0.15) is 52.1 Å². The smallest absolute Gasteiger partial charge is 0.329 e. The number of aromatic nitrogens is 3. The SMILES string of the molecule is Cc1ncc(Cl)cc1C(=O)N[C@H]1CC[C@H](Cn2c(=O)n(CC(=O)c3ccc(F)cc3F)c3ccccc32)CC1. The summed E-state index contributed by atoms with van der Waals surface area (Å²) in [4.78, 5) is 43.2. The van der Waals surface area contributed by atoms with Gasteiger partial charge in [0.25, 0.3) is 5.91 Å². The molecule has 0 bridgehead atoms. The molecular weight excluding hydrogens is 526 g/mol. The van der Waals surface area contributed by atoms with Crippen molar-refractivity contribution in [3.63, 3.8) is 0 Å². The number of fused-ring (bicyclic) bond motifs is 1. The van der Waals surface area contributed by atoms with Crippen LogP contribution < -0.4 is 11.0 Å². The molecular formula is C29H27ClF2N4O3. The summed E-state index contributed by atoms with van der Waals surface area (Å²) in [6.07, 6.45) is 4.65. The highest BCUT2D eigenvalue weighted by molar-refractivity contribution is 6.30. The van der Waals surface area contributed by atoms with Crippen molar-refractivity contribution in [3.05, 3.63) is 98.7 Å². The molecule has 0 atom stereocenters. The molecule has 0 saturated heterocycles. The molecule has 2 heterocycles. The first-order valence-corrected chi connectivity index (χ1v) is 13.2. The number of halogens is 3. The maximum Gasteiger partial charge on any atom is 0.329 e. The standard InChI is InChI=1S/C29H27ClF2N4O3/c1-17-23(12-19(30)14-33-17)28(38)34-21-9-6-18(7-10-21)15-35-25-4-2-3-5-26(25)36(29(35)39)16-27(37)22-11-8-20(31)13-24(22)32/h2-5,8,11-14,18,21H,6-7,9-10,15-16H2,1H3,(H,34,38)/t18-,21-. The van der Waals surface area contributed by atoms with Gasteiger partial charge in [-0.15, -0.1) is 0 Å². The van der Waals surface area contributed by atoms with Crippen LogP contribution in [0.2, 0.25) is 5.02 Å². The summed E-state index contributed by atoms with van der Waals surface area (Å²) in [6, 6.07) is 11.6. The van der Waals surface area contributed by atoms with Gasteiger partial charge in [0.1, 0.15) is 11.6 Å². The molecule has 1 aliphatic rings. The second-order valence-corrected chi connectivity index (χ2v) is 10.4. The van der Waals surface area contributed by atoms with E-state index in [1.165, 1.54) is 10.8 Å². The number of benzene rings is 2. The van der Waals surface area contributed by atoms with Crippen LogP contribution in [0, 0.1) is 24.5 Å². The van der Waals surface area contributed by atoms with Gasteiger partial charge in [-0.25, -0.2) is 13.6 Å². The number of hydrogen-bond donors (Lipinski definition) is 1. The highest BCUT2D eigenvalue weighted by atomic mass is 35.5. The minimum Gasteiger partial charge on any atom is -0.349 e. The number of imidazole rings is 1. The van der Waals surface area contributed by atoms with Crippen LogP contribution >= 0.6 is 11.6 Å². The fourth-order valence-electron chi connectivity index (χ4n) is 5.29. The molecule has 39 heavy (non-hydrogen) atoms. The number of para-hydroxylation sites is 2. The number of amides is 1. The van der Waals surface area contributed by atoms with Crippen molar-refractivity contribution >= 4 is 34.3 Å². The molecule has 5 rings (SSSR count). The van der Waals surface area contributed by atoms with E-state index < -0.39 is 17.4 Å². The Hall–Kier alpha value is -3.85. The normalized spacial score (nSPS) is 17.3. The molecule has 7 nitrogen and oxygen atoms in total. The van der Waals surface area contributed by atoms with Crippen molar-refractivity contribution in [2.45, 2.75) is 51.7 Å². The zero-order chi connectivity index (χ0) is 27.7. The third-order valence-corrected chi connectivity index (χ3v) is 7.59. The maximum atomic E-state index is 14.2. The van der Waals surface area contributed by atoms with Crippen molar-refractivity contribution in [2.75, 3.05) is 0 Å². The third-order valence-electron chi connectivity index (χ3n) is 7.38. The maximum absolute atomic E-state index is 14.2. The van der Waals surface area contributed by atoms with E-state index in [0.717, 1.165) is 37.8 Å². The molecule has 1 saturated carbocycles. The second kappa shape index (κ2) is 11.1. The van der Waals surface area contributed by atoms with E-state index in [0.29, 0.717) is 39.9 Å². The van der Waals surface area contributed by atoms with Gasteiger partial charge < -0.3 is 5.32 Å². The van der Waals surface area contributed by atoms with Gasteiger partial charge in [0.15, 0.2) is 5.78 Å². The summed E-state index contributed by atoms with van der Waals surface area (Å²) in [5.74, 6) is -2.34. The highest BCUT2D eigenvalue weighted by Gasteiger charge is 2.26. The molecule has 202 valence electrons. The predicted molar refractivity (Wildman–Crippen MR) is 144 cm³/mol. The minimum atomic E-state index is -0.956. The van der Waals surface area contributed by atoms with Crippen LogP contribution in [0.5, 0.6) is 0 Å². The van der Waals surface area contributed by atoms with E-state index in [1.54, 1.807) is 29.7 Å². The number of carbonyl (C=O) groups is 2. The van der Waals surface area contributed by atoms with E-state index in [4.69, 9.17) is 11.6 Å². The molecule has 1 fully saturated rings. The summed E-state index contributed by atoms with van der Waals surface area (Å²) in [7, 11) is 0. The average molecular weight is 553 g/mol. The number of nitrogens with one attached hydrogen (secondary N) is 1. The summed E-state index contributed by atoms with van der Waals surface area (Å²) in [6.45, 7) is 1.87. The van der Waals surface area contributed by atoms with Gasteiger partial charge in [-0.2, -0.15) is 0 Å². The summed E-state index contributed by atoms with van der Waals surface area (Å²) < 4.78 is 30.5. The molecule has 4 aromatic rings. The zero-order valence-corrected chi connectivity index (χ0v) is 22.0. The summed E-state index contributed by atoms with van der Waals surface area (Å²) in [5, 5.41) is 3.48.